The number of halogens is 3. The third-order valence-electron chi connectivity index (χ3n) is 2.81. The molecule has 0 bridgehead atoms. The fourth-order valence-corrected chi connectivity index (χ4v) is 3.00. The van der Waals surface area contributed by atoms with E-state index in [1.54, 1.807) is 13.8 Å². The van der Waals surface area contributed by atoms with Gasteiger partial charge in [-0.05, 0) is 51.3 Å². The molecule has 9 heteroatoms. The van der Waals surface area contributed by atoms with Crippen LogP contribution in [0.15, 0.2) is 21.1 Å². The van der Waals surface area contributed by atoms with Crippen LogP contribution in [0.5, 0.6) is 11.6 Å². The molecule has 2 aromatic rings. The van der Waals surface area contributed by atoms with Gasteiger partial charge in [0.25, 0.3) is 5.69 Å². The number of rotatable bonds is 3. The first-order chi connectivity index (χ1) is 9.81. The summed E-state index contributed by atoms with van der Waals surface area (Å²) in [7, 11) is 0. The normalized spacial score (nSPS) is 10.5. The highest BCUT2D eigenvalue weighted by molar-refractivity contribution is 9.11. The number of nitro groups is 1. The van der Waals surface area contributed by atoms with Gasteiger partial charge in [-0.1, -0.05) is 11.6 Å². The Bertz CT molecular complexity index is 717. The number of non-ortho nitro benzene ring substituents is 1. The van der Waals surface area contributed by atoms with Crippen molar-refractivity contribution in [2.24, 2.45) is 0 Å². The van der Waals surface area contributed by atoms with Crippen molar-refractivity contribution in [3.63, 3.8) is 0 Å². The maximum absolute atomic E-state index is 10.8. The van der Waals surface area contributed by atoms with Gasteiger partial charge < -0.3 is 4.74 Å². The van der Waals surface area contributed by atoms with Gasteiger partial charge in [-0.15, -0.1) is 10.2 Å². The minimum Gasteiger partial charge on any atom is -0.435 e. The highest BCUT2D eigenvalue weighted by atomic mass is 79.9. The van der Waals surface area contributed by atoms with Crippen LogP contribution >= 0.6 is 43.5 Å². The molecule has 0 unspecified atom stereocenters. The lowest BCUT2D eigenvalue weighted by Gasteiger charge is -2.12. The fraction of sp³-hybridized carbons (Fsp3) is 0.167. The molecule has 0 atom stereocenters. The molecular weight excluding hydrogens is 429 g/mol. The first-order valence-electron chi connectivity index (χ1n) is 5.62. The summed E-state index contributed by atoms with van der Waals surface area (Å²) in [6, 6.07) is 2.71. The van der Waals surface area contributed by atoms with Crippen LogP contribution < -0.4 is 4.74 Å². The first kappa shape index (κ1) is 16.1. The molecule has 0 N–H and O–H groups in total. The van der Waals surface area contributed by atoms with Gasteiger partial charge in [-0.25, -0.2) is 0 Å². The van der Waals surface area contributed by atoms with Gasteiger partial charge in [0.05, 0.1) is 13.9 Å². The molecule has 0 aliphatic heterocycles. The summed E-state index contributed by atoms with van der Waals surface area (Å²) in [5, 5.41) is 18.8. The number of aromatic nitrogens is 2. The van der Waals surface area contributed by atoms with Crippen LogP contribution in [-0.4, -0.2) is 15.1 Å². The van der Waals surface area contributed by atoms with E-state index in [2.05, 4.69) is 42.1 Å². The van der Waals surface area contributed by atoms with Gasteiger partial charge in [-0.2, -0.15) is 0 Å². The maximum Gasteiger partial charge on any atom is 0.271 e. The SMILES string of the molecule is Cc1c(Cl)nnc(Oc2c(Br)cc([N+](=O)[O-])cc2Br)c1C. The average molecular weight is 437 g/mol. The molecule has 0 spiro atoms. The molecule has 6 nitrogen and oxygen atoms in total. The highest BCUT2D eigenvalue weighted by Crippen LogP contribution is 2.40. The molecule has 21 heavy (non-hydrogen) atoms. The zero-order chi connectivity index (χ0) is 15.7. The van der Waals surface area contributed by atoms with Crippen LogP contribution in [0.25, 0.3) is 0 Å². The molecule has 1 heterocycles. The summed E-state index contributed by atoms with van der Waals surface area (Å²) < 4.78 is 6.55. The molecule has 0 aliphatic carbocycles. The summed E-state index contributed by atoms with van der Waals surface area (Å²) in [5.41, 5.74) is 1.44. The van der Waals surface area contributed by atoms with Crippen molar-refractivity contribution in [1.29, 1.82) is 0 Å². The van der Waals surface area contributed by atoms with Crippen LogP contribution in [0.2, 0.25) is 5.15 Å². The van der Waals surface area contributed by atoms with Gasteiger partial charge in [0.2, 0.25) is 5.88 Å². The van der Waals surface area contributed by atoms with Gasteiger partial charge in [-0.3, -0.25) is 10.1 Å². The van der Waals surface area contributed by atoms with Crippen LogP contribution in [0.1, 0.15) is 11.1 Å². The second kappa shape index (κ2) is 6.25. The minimum atomic E-state index is -0.489. The summed E-state index contributed by atoms with van der Waals surface area (Å²) in [6.45, 7) is 3.61. The Labute approximate surface area is 141 Å². The predicted octanol–water partition coefficient (Wildman–Crippen LogP) is 4.97. The standard InChI is InChI=1S/C12H8Br2ClN3O3/c1-5-6(2)12(17-16-11(5)15)21-10-8(13)3-7(18(19)20)4-9(10)14/h3-4H,1-2H3. The third kappa shape index (κ3) is 3.33. The van der Waals surface area contributed by atoms with E-state index < -0.39 is 4.92 Å². The number of hydrogen-bond donors (Lipinski definition) is 0. The van der Waals surface area contributed by atoms with Crippen molar-refractivity contribution in [2.75, 3.05) is 0 Å². The van der Waals surface area contributed by atoms with Crippen molar-refractivity contribution >= 4 is 49.1 Å². The lowest BCUT2D eigenvalue weighted by Crippen LogP contribution is -1.99. The Hall–Kier alpha value is -1.25. The van der Waals surface area contributed by atoms with Gasteiger partial charge in [0, 0.05) is 17.7 Å². The van der Waals surface area contributed by atoms with Crippen LogP contribution in [0, 0.1) is 24.0 Å². The number of nitro benzene ring substituents is 1. The van der Waals surface area contributed by atoms with Crippen molar-refractivity contribution in [1.82, 2.24) is 10.2 Å². The Morgan fingerprint density at radius 2 is 1.76 bits per heavy atom. The molecule has 1 aromatic heterocycles. The van der Waals surface area contributed by atoms with Crippen molar-refractivity contribution in [3.8, 4) is 11.6 Å². The molecule has 0 saturated carbocycles. The smallest absolute Gasteiger partial charge is 0.271 e. The lowest BCUT2D eigenvalue weighted by molar-refractivity contribution is -0.385. The Kier molecular flexibility index (Phi) is 4.80. The summed E-state index contributed by atoms with van der Waals surface area (Å²) in [5.74, 6) is 0.659. The molecule has 0 aliphatic rings. The monoisotopic (exact) mass is 435 g/mol. The Morgan fingerprint density at radius 3 is 2.29 bits per heavy atom. The van der Waals surface area contributed by atoms with E-state index in [4.69, 9.17) is 16.3 Å². The fourth-order valence-electron chi connectivity index (χ4n) is 1.50. The zero-order valence-corrected chi connectivity index (χ0v) is 14.8. The predicted molar refractivity (Wildman–Crippen MR) is 85.1 cm³/mol. The Morgan fingerprint density at radius 1 is 1.19 bits per heavy atom. The van der Waals surface area contributed by atoms with Crippen molar-refractivity contribution in [2.45, 2.75) is 13.8 Å². The van der Waals surface area contributed by atoms with E-state index in [1.807, 2.05) is 0 Å². The zero-order valence-electron chi connectivity index (χ0n) is 10.9. The van der Waals surface area contributed by atoms with Gasteiger partial charge >= 0.3 is 0 Å². The molecule has 0 radical (unpaired) electrons. The average Bonchev–Trinajstić information content (AvgIpc) is 2.42. The van der Waals surface area contributed by atoms with Crippen molar-refractivity contribution in [3.05, 3.63) is 47.5 Å². The number of hydrogen-bond acceptors (Lipinski definition) is 5. The van der Waals surface area contributed by atoms with Crippen LogP contribution in [0.4, 0.5) is 5.69 Å². The number of benzene rings is 1. The molecule has 2 rings (SSSR count). The molecule has 0 fully saturated rings. The van der Waals surface area contributed by atoms with Gasteiger partial charge in [0.1, 0.15) is 0 Å². The summed E-state index contributed by atoms with van der Waals surface area (Å²) >= 11 is 12.4. The van der Waals surface area contributed by atoms with Gasteiger partial charge in [0.15, 0.2) is 10.9 Å². The van der Waals surface area contributed by atoms with E-state index in [9.17, 15) is 10.1 Å². The van der Waals surface area contributed by atoms with E-state index in [0.717, 1.165) is 11.1 Å². The quantitative estimate of drug-likeness (QED) is 0.500. The lowest BCUT2D eigenvalue weighted by atomic mass is 10.2. The minimum absolute atomic E-state index is 0.0591. The molecule has 0 saturated heterocycles. The molecule has 110 valence electrons. The topological polar surface area (TPSA) is 78.2 Å². The van der Waals surface area contributed by atoms with Crippen LogP contribution in [-0.2, 0) is 0 Å². The summed E-state index contributed by atoms with van der Waals surface area (Å²) in [4.78, 5) is 10.3. The van der Waals surface area contributed by atoms with E-state index >= 15 is 0 Å². The third-order valence-corrected chi connectivity index (χ3v) is 4.35. The van der Waals surface area contributed by atoms with E-state index in [-0.39, 0.29) is 11.6 Å². The van der Waals surface area contributed by atoms with E-state index in [1.165, 1.54) is 12.1 Å². The second-order valence-electron chi connectivity index (χ2n) is 4.14. The molecular formula is C12H8Br2ClN3O3. The number of ether oxygens (including phenoxy) is 1. The highest BCUT2D eigenvalue weighted by Gasteiger charge is 2.18. The van der Waals surface area contributed by atoms with Crippen molar-refractivity contribution < 1.29 is 9.66 Å². The number of nitrogens with zero attached hydrogens (tertiary/aromatic N) is 3. The largest absolute Gasteiger partial charge is 0.435 e. The Balaban J connectivity index is 2.45. The van der Waals surface area contributed by atoms with Crippen LogP contribution in [0.3, 0.4) is 0 Å². The summed E-state index contributed by atoms with van der Waals surface area (Å²) in [6.07, 6.45) is 0. The molecule has 0 amide bonds. The maximum atomic E-state index is 10.8. The first-order valence-corrected chi connectivity index (χ1v) is 7.58. The van der Waals surface area contributed by atoms with E-state index in [0.29, 0.717) is 19.8 Å². The molecule has 1 aromatic carbocycles. The second-order valence-corrected chi connectivity index (χ2v) is 6.21.